The zero-order chi connectivity index (χ0) is 26.7. The first-order valence-electron chi connectivity index (χ1n) is 12.1. The van der Waals surface area contributed by atoms with Crippen molar-refractivity contribution in [2.24, 2.45) is 0 Å². The smallest absolute Gasteiger partial charge is 0.282 e. The molecule has 0 spiro atoms. The lowest BCUT2D eigenvalue weighted by Crippen LogP contribution is -2.44. The molecule has 0 aliphatic heterocycles. The monoisotopic (exact) mass is 509 g/mol. The zero-order valence-electron chi connectivity index (χ0n) is 20.7. The van der Waals surface area contributed by atoms with Crippen LogP contribution in [0.4, 0.5) is 0 Å². The summed E-state index contributed by atoms with van der Waals surface area (Å²) < 4.78 is 1.16. The van der Waals surface area contributed by atoms with E-state index in [2.05, 4.69) is 20.3 Å². The number of fused-ring (bicyclic) bond motifs is 2. The van der Waals surface area contributed by atoms with E-state index in [1.165, 1.54) is 0 Å². The second-order valence-electron chi connectivity index (χ2n) is 9.17. The third-order valence-corrected chi connectivity index (χ3v) is 6.44. The summed E-state index contributed by atoms with van der Waals surface area (Å²) in [4.78, 5) is 38.3. The molecule has 0 fully saturated rings. The topological polar surface area (TPSA) is 174 Å². The number of benzene rings is 2. The molecule has 2 heterocycles. The van der Waals surface area contributed by atoms with Gasteiger partial charge in [-0.1, -0.05) is 12.1 Å². The summed E-state index contributed by atoms with van der Waals surface area (Å²) in [7, 11) is 0. The van der Waals surface area contributed by atoms with Gasteiger partial charge in [0.2, 0.25) is 0 Å². The minimum absolute atomic E-state index is 0.284. The molecule has 0 radical (unpaired) electrons. The maximum atomic E-state index is 13.3. The third-order valence-electron chi connectivity index (χ3n) is 6.44. The Kier molecular flexibility index (Phi) is 7.98. The van der Waals surface area contributed by atoms with Crippen LogP contribution in [0.25, 0.3) is 22.1 Å². The quantitative estimate of drug-likeness (QED) is 0.166. The SMILES string of the molecule is Cc1cc2nc(C(=O)NCCCc3nc4ccccc4[nH]3)c(=O)n(CC(O)C(O)C(O)CO)c2cc1C. The van der Waals surface area contributed by atoms with E-state index in [-0.39, 0.29) is 12.2 Å². The summed E-state index contributed by atoms with van der Waals surface area (Å²) in [6.07, 6.45) is -3.68. The molecular weight excluding hydrogens is 478 g/mol. The lowest BCUT2D eigenvalue weighted by molar-refractivity contribution is -0.0805. The number of imidazole rings is 1. The average molecular weight is 510 g/mol. The molecule has 2 aromatic heterocycles. The maximum Gasteiger partial charge on any atom is 0.282 e. The highest BCUT2D eigenvalue weighted by molar-refractivity contribution is 5.94. The first-order valence-corrected chi connectivity index (χ1v) is 12.1. The molecule has 2 aromatic carbocycles. The van der Waals surface area contributed by atoms with Crippen molar-refractivity contribution in [3.8, 4) is 0 Å². The van der Waals surface area contributed by atoms with Crippen LogP contribution in [0, 0.1) is 13.8 Å². The number of amides is 1. The molecule has 11 heteroatoms. The van der Waals surface area contributed by atoms with E-state index in [1.54, 1.807) is 12.1 Å². The van der Waals surface area contributed by atoms with Gasteiger partial charge in [0.1, 0.15) is 24.1 Å². The van der Waals surface area contributed by atoms with Crippen LogP contribution in [0.3, 0.4) is 0 Å². The number of aromatic amines is 1. The number of carbonyl (C=O) groups excluding carboxylic acids is 1. The fourth-order valence-corrected chi connectivity index (χ4v) is 4.15. The van der Waals surface area contributed by atoms with Crippen molar-refractivity contribution >= 4 is 28.0 Å². The van der Waals surface area contributed by atoms with Gasteiger partial charge in [-0.15, -0.1) is 0 Å². The number of rotatable bonds is 10. The summed E-state index contributed by atoms with van der Waals surface area (Å²) in [6.45, 7) is 2.84. The molecule has 11 nitrogen and oxygen atoms in total. The van der Waals surface area contributed by atoms with Gasteiger partial charge in [-0.05, 0) is 55.7 Å². The van der Waals surface area contributed by atoms with Crippen LogP contribution >= 0.6 is 0 Å². The Morgan fingerprint density at radius 3 is 2.51 bits per heavy atom. The van der Waals surface area contributed by atoms with E-state index >= 15 is 0 Å². The number of carbonyl (C=O) groups is 1. The summed E-state index contributed by atoms with van der Waals surface area (Å²) in [5, 5.41) is 42.0. The Morgan fingerprint density at radius 1 is 1.05 bits per heavy atom. The minimum Gasteiger partial charge on any atom is -0.394 e. The highest BCUT2D eigenvalue weighted by Gasteiger charge is 2.27. The number of nitrogens with one attached hydrogen (secondary N) is 2. The van der Waals surface area contributed by atoms with E-state index in [0.717, 1.165) is 32.6 Å². The summed E-state index contributed by atoms with van der Waals surface area (Å²) in [5.74, 6) is 0.138. The van der Waals surface area contributed by atoms with Crippen LogP contribution < -0.4 is 10.9 Å². The Balaban J connectivity index is 1.54. The fourth-order valence-electron chi connectivity index (χ4n) is 4.15. The molecule has 0 saturated heterocycles. The van der Waals surface area contributed by atoms with Crippen molar-refractivity contribution < 1.29 is 25.2 Å². The number of aromatic nitrogens is 4. The van der Waals surface area contributed by atoms with Gasteiger partial charge in [-0.2, -0.15) is 0 Å². The molecule has 0 saturated carbocycles. The number of aryl methyl sites for hydroxylation is 3. The number of hydrogen-bond donors (Lipinski definition) is 6. The molecule has 3 unspecified atom stereocenters. The molecule has 0 aliphatic rings. The van der Waals surface area contributed by atoms with Crippen LogP contribution in [0.2, 0.25) is 0 Å². The van der Waals surface area contributed by atoms with Crippen molar-refractivity contribution in [3.05, 3.63) is 69.4 Å². The fraction of sp³-hybridized carbons (Fsp3) is 0.385. The predicted octanol–water partition coefficient (Wildman–Crippen LogP) is 0.327. The number of aliphatic hydroxyl groups is 4. The first-order chi connectivity index (χ1) is 17.7. The minimum atomic E-state index is -1.69. The van der Waals surface area contributed by atoms with Crippen molar-refractivity contribution in [2.75, 3.05) is 13.2 Å². The Labute approximate surface area is 212 Å². The zero-order valence-corrected chi connectivity index (χ0v) is 20.7. The molecule has 0 bridgehead atoms. The van der Waals surface area contributed by atoms with Gasteiger partial charge in [-0.3, -0.25) is 9.59 Å². The number of para-hydroxylation sites is 2. The molecule has 6 N–H and O–H groups in total. The number of nitrogens with zero attached hydrogens (tertiary/aromatic N) is 3. The largest absolute Gasteiger partial charge is 0.394 e. The van der Waals surface area contributed by atoms with Gasteiger partial charge in [-0.25, -0.2) is 9.97 Å². The van der Waals surface area contributed by atoms with E-state index in [1.807, 2.05) is 38.1 Å². The van der Waals surface area contributed by atoms with Crippen LogP contribution in [-0.4, -0.2) is 77.3 Å². The van der Waals surface area contributed by atoms with Crippen LogP contribution in [0.15, 0.2) is 41.2 Å². The average Bonchev–Trinajstić information content (AvgIpc) is 3.31. The standard InChI is InChI=1S/C26H31N5O6/c1-14-10-18-19(11-15(14)2)31(12-20(33)24(35)21(34)13-32)26(37)23(30-18)25(36)27-9-5-8-22-28-16-6-3-4-7-17(16)29-22/h3-4,6-7,10-11,20-21,24,32-35H,5,8-9,12-13H2,1-2H3,(H,27,36)(H,28,29). The summed E-state index contributed by atoms with van der Waals surface area (Å²) >= 11 is 0. The highest BCUT2D eigenvalue weighted by Crippen LogP contribution is 2.18. The second kappa shape index (κ2) is 11.2. The van der Waals surface area contributed by atoms with Crippen LogP contribution in [-0.2, 0) is 13.0 Å². The normalized spacial score (nSPS) is 14.1. The van der Waals surface area contributed by atoms with E-state index in [4.69, 9.17) is 5.11 Å². The molecule has 4 aromatic rings. The van der Waals surface area contributed by atoms with Crippen LogP contribution in [0.1, 0.15) is 33.9 Å². The maximum absolute atomic E-state index is 13.3. The van der Waals surface area contributed by atoms with Gasteiger partial charge in [0.25, 0.3) is 11.5 Å². The molecule has 1 amide bonds. The Morgan fingerprint density at radius 2 is 1.78 bits per heavy atom. The number of H-pyrrole nitrogens is 1. The van der Waals surface area contributed by atoms with Crippen molar-refractivity contribution in [1.29, 1.82) is 0 Å². The predicted molar refractivity (Wildman–Crippen MR) is 137 cm³/mol. The molecule has 4 rings (SSSR count). The number of hydrogen-bond acceptors (Lipinski definition) is 8. The second-order valence-corrected chi connectivity index (χ2v) is 9.17. The lowest BCUT2D eigenvalue weighted by atomic mass is 10.1. The van der Waals surface area contributed by atoms with E-state index < -0.39 is 42.9 Å². The Bertz CT molecular complexity index is 1450. The van der Waals surface area contributed by atoms with Gasteiger partial charge >= 0.3 is 0 Å². The van der Waals surface area contributed by atoms with Gasteiger partial charge in [0, 0.05) is 13.0 Å². The van der Waals surface area contributed by atoms with E-state index in [0.29, 0.717) is 23.9 Å². The summed E-state index contributed by atoms with van der Waals surface area (Å²) in [6, 6.07) is 11.1. The third kappa shape index (κ3) is 5.70. The van der Waals surface area contributed by atoms with Gasteiger partial charge in [0.15, 0.2) is 5.69 Å². The molecule has 0 aliphatic carbocycles. The van der Waals surface area contributed by atoms with Crippen molar-refractivity contribution in [1.82, 2.24) is 24.8 Å². The Hall–Kier alpha value is -3.64. The van der Waals surface area contributed by atoms with Crippen molar-refractivity contribution in [3.63, 3.8) is 0 Å². The van der Waals surface area contributed by atoms with Gasteiger partial charge in [0.05, 0.1) is 35.2 Å². The molecule has 196 valence electrons. The van der Waals surface area contributed by atoms with Crippen LogP contribution in [0.5, 0.6) is 0 Å². The first kappa shape index (κ1) is 26.4. The van der Waals surface area contributed by atoms with Crippen molar-refractivity contribution in [2.45, 2.75) is 51.5 Å². The van der Waals surface area contributed by atoms with E-state index in [9.17, 15) is 24.9 Å². The number of aliphatic hydroxyl groups excluding tert-OH is 4. The molecule has 37 heavy (non-hydrogen) atoms. The highest BCUT2D eigenvalue weighted by atomic mass is 16.4. The van der Waals surface area contributed by atoms with Gasteiger partial charge < -0.3 is 35.3 Å². The molecular formula is C26H31N5O6. The lowest BCUT2D eigenvalue weighted by Gasteiger charge is -2.23. The molecule has 3 atom stereocenters. The summed E-state index contributed by atoms with van der Waals surface area (Å²) in [5.41, 5.74) is 3.24.